The van der Waals surface area contributed by atoms with Crippen LogP contribution in [0.15, 0.2) is 53.4 Å². The van der Waals surface area contributed by atoms with Crippen LogP contribution in [0, 0.1) is 0 Å². The molecule has 0 aromatic heterocycles. The summed E-state index contributed by atoms with van der Waals surface area (Å²) in [4.78, 5) is 12.7. The molecule has 1 saturated heterocycles. The zero-order chi connectivity index (χ0) is 18.9. The van der Waals surface area contributed by atoms with Crippen LogP contribution in [0.1, 0.15) is 53.3 Å². The van der Waals surface area contributed by atoms with Crippen molar-refractivity contribution in [3.8, 4) is 0 Å². The lowest BCUT2D eigenvalue weighted by Crippen LogP contribution is -2.35. The van der Waals surface area contributed by atoms with Gasteiger partial charge in [0.05, 0.1) is 10.5 Å². The van der Waals surface area contributed by atoms with Gasteiger partial charge < -0.3 is 4.74 Å². The largest absolute Gasteiger partial charge is 0.454 e. The van der Waals surface area contributed by atoms with Gasteiger partial charge in [0.15, 0.2) is 0 Å². The number of nitrogens with zero attached hydrogens (tertiary/aromatic N) is 1. The summed E-state index contributed by atoms with van der Waals surface area (Å²) in [5, 5.41) is 0. The van der Waals surface area contributed by atoms with Crippen LogP contribution in [-0.4, -0.2) is 31.8 Å². The molecule has 5 nitrogen and oxygen atoms in total. The maximum Gasteiger partial charge on any atom is 0.338 e. The Balaban J connectivity index is 1.47. The molecule has 0 spiro atoms. The first-order valence-electron chi connectivity index (χ1n) is 9.45. The number of hydrogen-bond acceptors (Lipinski definition) is 4. The average molecular weight is 385 g/mol. The van der Waals surface area contributed by atoms with E-state index in [1.807, 2.05) is 18.2 Å². The molecule has 2 aliphatic rings. The number of carbonyl (C=O) groups is 1. The van der Waals surface area contributed by atoms with Crippen LogP contribution in [0.5, 0.6) is 0 Å². The van der Waals surface area contributed by atoms with Crippen LogP contribution >= 0.6 is 0 Å². The van der Waals surface area contributed by atoms with Crippen LogP contribution in [0.4, 0.5) is 0 Å². The van der Waals surface area contributed by atoms with E-state index in [1.165, 1.54) is 22.0 Å². The molecule has 0 bridgehead atoms. The summed E-state index contributed by atoms with van der Waals surface area (Å²) in [6.45, 7) is 1.13. The molecule has 1 aliphatic heterocycles. The molecule has 2 aromatic carbocycles. The predicted octanol–water partition coefficient (Wildman–Crippen LogP) is 3.71. The molecule has 2 aromatic rings. The van der Waals surface area contributed by atoms with Crippen LogP contribution in [0.25, 0.3) is 0 Å². The molecule has 1 aliphatic carbocycles. The molecule has 6 heteroatoms. The van der Waals surface area contributed by atoms with E-state index >= 15 is 0 Å². The number of aryl methyl sites for hydroxylation is 1. The Bertz CT molecular complexity index is 931. The topological polar surface area (TPSA) is 63.7 Å². The molecule has 0 unspecified atom stereocenters. The summed E-state index contributed by atoms with van der Waals surface area (Å²) in [7, 11) is -3.49. The van der Waals surface area contributed by atoms with Crippen molar-refractivity contribution in [2.24, 2.45) is 0 Å². The van der Waals surface area contributed by atoms with E-state index in [0.717, 1.165) is 37.7 Å². The SMILES string of the molecule is O=C(O[C@@H]1CCc2ccccc21)c1ccc(S(=O)(=O)N2CCCCC2)cc1. The van der Waals surface area contributed by atoms with Crippen molar-refractivity contribution in [1.29, 1.82) is 0 Å². The van der Waals surface area contributed by atoms with Gasteiger partial charge in [-0.25, -0.2) is 13.2 Å². The maximum absolute atomic E-state index is 12.7. The minimum Gasteiger partial charge on any atom is -0.454 e. The van der Waals surface area contributed by atoms with E-state index in [4.69, 9.17) is 4.74 Å². The van der Waals surface area contributed by atoms with Crippen molar-refractivity contribution < 1.29 is 17.9 Å². The Labute approximate surface area is 160 Å². The van der Waals surface area contributed by atoms with Gasteiger partial charge in [0.2, 0.25) is 10.0 Å². The quantitative estimate of drug-likeness (QED) is 0.753. The van der Waals surface area contributed by atoms with E-state index in [2.05, 4.69) is 6.07 Å². The van der Waals surface area contributed by atoms with Crippen LogP contribution in [-0.2, 0) is 21.2 Å². The molecule has 1 atom stereocenters. The Morgan fingerprint density at radius 1 is 0.963 bits per heavy atom. The van der Waals surface area contributed by atoms with Crippen LogP contribution in [0.3, 0.4) is 0 Å². The second-order valence-corrected chi connectivity index (χ2v) is 9.06. The third kappa shape index (κ3) is 3.64. The second kappa shape index (κ2) is 7.44. The Kier molecular flexibility index (Phi) is 5.02. The van der Waals surface area contributed by atoms with E-state index in [0.29, 0.717) is 18.7 Å². The van der Waals surface area contributed by atoms with Gasteiger partial charge in [-0.2, -0.15) is 4.31 Å². The summed E-state index contributed by atoms with van der Waals surface area (Å²) in [6.07, 6.45) is 4.32. The standard InChI is InChI=1S/C21H23NO4S/c23-21(26-20-13-10-16-6-2-3-7-19(16)20)17-8-11-18(12-9-17)27(24,25)22-14-4-1-5-15-22/h2-3,6-9,11-12,20H,1,4-5,10,13-15H2/t20-/m1/s1. The highest BCUT2D eigenvalue weighted by Crippen LogP contribution is 2.34. The summed E-state index contributed by atoms with van der Waals surface area (Å²) < 4.78 is 32.6. The highest BCUT2D eigenvalue weighted by atomic mass is 32.2. The minimum atomic E-state index is -3.49. The maximum atomic E-state index is 12.7. The first kappa shape index (κ1) is 18.2. The molecule has 0 amide bonds. The highest BCUT2D eigenvalue weighted by molar-refractivity contribution is 7.89. The van der Waals surface area contributed by atoms with E-state index in [9.17, 15) is 13.2 Å². The highest BCUT2D eigenvalue weighted by Gasteiger charge is 2.28. The summed E-state index contributed by atoms with van der Waals surface area (Å²) in [5.74, 6) is -0.418. The van der Waals surface area contributed by atoms with Crippen molar-refractivity contribution in [2.75, 3.05) is 13.1 Å². The number of ether oxygens (including phenoxy) is 1. The van der Waals surface area contributed by atoms with Gasteiger partial charge in [-0.15, -0.1) is 0 Å². The Morgan fingerprint density at radius 3 is 2.41 bits per heavy atom. The van der Waals surface area contributed by atoms with Gasteiger partial charge >= 0.3 is 5.97 Å². The summed E-state index contributed by atoms with van der Waals surface area (Å²) in [6, 6.07) is 14.1. The van der Waals surface area contributed by atoms with Gasteiger partial charge in [0, 0.05) is 13.1 Å². The number of esters is 1. The molecule has 1 fully saturated rings. The molecular weight excluding hydrogens is 362 g/mol. The molecule has 27 heavy (non-hydrogen) atoms. The predicted molar refractivity (Wildman–Crippen MR) is 102 cm³/mol. The zero-order valence-electron chi connectivity index (χ0n) is 15.1. The number of hydrogen-bond donors (Lipinski definition) is 0. The third-order valence-corrected chi connectivity index (χ3v) is 7.28. The fraction of sp³-hybridized carbons (Fsp3) is 0.381. The molecule has 142 valence electrons. The van der Waals surface area contributed by atoms with E-state index in [-0.39, 0.29) is 11.0 Å². The third-order valence-electron chi connectivity index (χ3n) is 5.37. The fourth-order valence-corrected chi connectivity index (χ4v) is 5.37. The lowest BCUT2D eigenvalue weighted by molar-refractivity contribution is 0.0301. The molecule has 0 saturated carbocycles. The van der Waals surface area contributed by atoms with E-state index < -0.39 is 16.0 Å². The number of sulfonamides is 1. The van der Waals surface area contributed by atoms with Crippen molar-refractivity contribution in [2.45, 2.75) is 43.1 Å². The number of rotatable bonds is 4. The van der Waals surface area contributed by atoms with Gasteiger partial charge in [-0.3, -0.25) is 0 Å². The Morgan fingerprint density at radius 2 is 1.67 bits per heavy atom. The molecule has 1 heterocycles. The van der Waals surface area contributed by atoms with Gasteiger partial charge in [-0.1, -0.05) is 30.7 Å². The molecule has 0 N–H and O–H groups in total. The van der Waals surface area contributed by atoms with Crippen LogP contribution in [0.2, 0.25) is 0 Å². The van der Waals surface area contributed by atoms with Gasteiger partial charge in [0.25, 0.3) is 0 Å². The fourth-order valence-electron chi connectivity index (χ4n) is 3.86. The lowest BCUT2D eigenvalue weighted by atomic mass is 10.1. The summed E-state index contributed by atoms with van der Waals surface area (Å²) in [5.41, 5.74) is 2.66. The monoisotopic (exact) mass is 385 g/mol. The Hall–Kier alpha value is -2.18. The minimum absolute atomic E-state index is 0.229. The van der Waals surface area contributed by atoms with Crippen molar-refractivity contribution in [3.05, 3.63) is 65.2 Å². The normalized spacial score (nSPS) is 20.2. The van der Waals surface area contributed by atoms with Gasteiger partial charge in [0.1, 0.15) is 6.10 Å². The number of fused-ring (bicyclic) bond motifs is 1. The van der Waals surface area contributed by atoms with Crippen molar-refractivity contribution in [3.63, 3.8) is 0 Å². The first-order valence-corrected chi connectivity index (χ1v) is 10.9. The average Bonchev–Trinajstić information content (AvgIpc) is 3.12. The number of piperidine rings is 1. The molecule has 4 rings (SSSR count). The van der Waals surface area contributed by atoms with E-state index in [1.54, 1.807) is 12.1 Å². The molecule has 0 radical (unpaired) electrons. The lowest BCUT2D eigenvalue weighted by Gasteiger charge is -2.25. The first-order chi connectivity index (χ1) is 13.1. The number of carbonyl (C=O) groups excluding carboxylic acids is 1. The van der Waals surface area contributed by atoms with Crippen molar-refractivity contribution >= 4 is 16.0 Å². The zero-order valence-corrected chi connectivity index (χ0v) is 16.0. The summed E-state index contributed by atoms with van der Waals surface area (Å²) >= 11 is 0. The second-order valence-electron chi connectivity index (χ2n) is 7.12. The van der Waals surface area contributed by atoms with Gasteiger partial charge in [-0.05, 0) is 61.1 Å². The van der Waals surface area contributed by atoms with Crippen LogP contribution < -0.4 is 0 Å². The molecular formula is C21H23NO4S. The smallest absolute Gasteiger partial charge is 0.338 e. The number of benzene rings is 2. The van der Waals surface area contributed by atoms with Crippen molar-refractivity contribution in [1.82, 2.24) is 4.31 Å².